The molecule has 0 saturated carbocycles. The van der Waals surface area contributed by atoms with Crippen molar-refractivity contribution >= 4 is 12.4 Å². The minimum absolute atomic E-state index is 0.584. The van der Waals surface area contributed by atoms with Gasteiger partial charge < -0.3 is 19.3 Å². The van der Waals surface area contributed by atoms with Crippen LogP contribution in [0.25, 0.3) is 0 Å². The van der Waals surface area contributed by atoms with E-state index in [-0.39, 0.29) is 0 Å². The molecule has 5 heteroatoms. The second-order valence-corrected chi connectivity index (χ2v) is 4.32. The molecular formula is C11H15NO4. The van der Waals surface area contributed by atoms with Crippen molar-refractivity contribution in [2.24, 2.45) is 0 Å². The van der Waals surface area contributed by atoms with Gasteiger partial charge >= 0.3 is 6.09 Å². The molecule has 0 spiro atoms. The maximum absolute atomic E-state index is 11.4. The first kappa shape index (κ1) is 12.3. The van der Waals surface area contributed by atoms with Gasteiger partial charge in [0.05, 0.1) is 12.5 Å². The molecule has 1 N–H and O–H groups in total. The Morgan fingerprint density at radius 2 is 2.25 bits per heavy atom. The summed E-state index contributed by atoms with van der Waals surface area (Å²) in [5.41, 5.74) is -0.00524. The van der Waals surface area contributed by atoms with Gasteiger partial charge in [-0.3, -0.25) is 0 Å². The summed E-state index contributed by atoms with van der Waals surface area (Å²) in [5, 5.41) is 2.44. The van der Waals surface area contributed by atoms with Gasteiger partial charge in [0.2, 0.25) is 0 Å². The number of alkyl carbamates (subject to hydrolysis) is 1. The lowest BCUT2D eigenvalue weighted by molar-refractivity contribution is -0.109. The summed E-state index contributed by atoms with van der Waals surface area (Å²) < 4.78 is 9.86. The maximum Gasteiger partial charge on any atom is 0.408 e. The first-order valence-electron chi connectivity index (χ1n) is 4.89. The van der Waals surface area contributed by atoms with Gasteiger partial charge in [0, 0.05) is 5.56 Å². The molecule has 0 aliphatic carbocycles. The van der Waals surface area contributed by atoms with Gasteiger partial charge in [-0.2, -0.15) is 0 Å². The summed E-state index contributed by atoms with van der Waals surface area (Å²) in [6.45, 7) is 5.25. The molecule has 1 aromatic heterocycles. The zero-order valence-electron chi connectivity index (χ0n) is 9.52. The highest BCUT2D eigenvalue weighted by Gasteiger charge is 2.20. The molecule has 1 unspecified atom stereocenters. The SMILES string of the molecule is CC(C)(C)OC(=O)NC(C=O)c1ccoc1. The lowest BCUT2D eigenvalue weighted by Crippen LogP contribution is -2.35. The predicted molar refractivity (Wildman–Crippen MR) is 56.9 cm³/mol. The Morgan fingerprint density at radius 1 is 1.56 bits per heavy atom. The molecule has 1 heterocycles. The highest BCUT2D eigenvalue weighted by atomic mass is 16.6. The number of aldehydes is 1. The van der Waals surface area contributed by atoms with Crippen LogP contribution < -0.4 is 5.32 Å². The van der Waals surface area contributed by atoms with Gasteiger partial charge in [-0.15, -0.1) is 0 Å². The van der Waals surface area contributed by atoms with Crippen LogP contribution in [0.15, 0.2) is 23.0 Å². The van der Waals surface area contributed by atoms with Gasteiger partial charge in [-0.05, 0) is 26.8 Å². The largest absolute Gasteiger partial charge is 0.472 e. The van der Waals surface area contributed by atoms with E-state index in [1.54, 1.807) is 26.8 Å². The van der Waals surface area contributed by atoms with Crippen LogP contribution in [-0.4, -0.2) is 18.0 Å². The molecule has 1 amide bonds. The van der Waals surface area contributed by atoms with Gasteiger partial charge in [0.15, 0.2) is 0 Å². The third kappa shape index (κ3) is 3.76. The van der Waals surface area contributed by atoms with Crippen molar-refractivity contribution in [1.29, 1.82) is 0 Å². The van der Waals surface area contributed by atoms with E-state index in [0.29, 0.717) is 11.8 Å². The Kier molecular flexibility index (Phi) is 3.71. The molecule has 1 rings (SSSR count). The summed E-state index contributed by atoms with van der Waals surface area (Å²) in [6, 6.07) is 0.866. The van der Waals surface area contributed by atoms with E-state index < -0.39 is 17.7 Å². The van der Waals surface area contributed by atoms with Crippen LogP contribution in [0.1, 0.15) is 32.4 Å². The summed E-state index contributed by atoms with van der Waals surface area (Å²) in [4.78, 5) is 22.2. The van der Waals surface area contributed by atoms with Crippen LogP contribution in [0.2, 0.25) is 0 Å². The monoisotopic (exact) mass is 225 g/mol. The molecule has 0 fully saturated rings. The van der Waals surface area contributed by atoms with Crippen LogP contribution in [0.5, 0.6) is 0 Å². The Bertz CT molecular complexity index is 351. The zero-order valence-corrected chi connectivity index (χ0v) is 9.52. The van der Waals surface area contributed by atoms with Crippen LogP contribution in [0.4, 0.5) is 4.79 Å². The van der Waals surface area contributed by atoms with E-state index in [1.807, 2.05) is 0 Å². The molecule has 16 heavy (non-hydrogen) atoms. The van der Waals surface area contributed by atoms with Crippen molar-refractivity contribution < 1.29 is 18.7 Å². The topological polar surface area (TPSA) is 68.5 Å². The Hall–Kier alpha value is -1.78. The summed E-state index contributed by atoms with van der Waals surface area (Å²) >= 11 is 0. The minimum atomic E-state index is -0.742. The van der Waals surface area contributed by atoms with Crippen molar-refractivity contribution in [1.82, 2.24) is 5.32 Å². The minimum Gasteiger partial charge on any atom is -0.472 e. The fourth-order valence-electron chi connectivity index (χ4n) is 1.08. The van der Waals surface area contributed by atoms with E-state index >= 15 is 0 Å². The molecular weight excluding hydrogens is 210 g/mol. The number of hydrogen-bond acceptors (Lipinski definition) is 4. The lowest BCUT2D eigenvalue weighted by Gasteiger charge is -2.21. The average Bonchev–Trinajstić information content (AvgIpc) is 2.63. The first-order chi connectivity index (χ1) is 7.42. The number of amides is 1. The van der Waals surface area contributed by atoms with E-state index in [4.69, 9.17) is 9.15 Å². The molecule has 5 nitrogen and oxygen atoms in total. The van der Waals surface area contributed by atoms with E-state index in [9.17, 15) is 9.59 Å². The molecule has 0 saturated heterocycles. The second kappa shape index (κ2) is 4.83. The van der Waals surface area contributed by atoms with Gasteiger partial charge in [0.25, 0.3) is 0 Å². The highest BCUT2D eigenvalue weighted by Crippen LogP contribution is 2.13. The number of rotatable bonds is 3. The van der Waals surface area contributed by atoms with E-state index in [0.717, 1.165) is 0 Å². The molecule has 0 aliphatic heterocycles. The van der Waals surface area contributed by atoms with E-state index in [1.165, 1.54) is 12.5 Å². The normalized spacial score (nSPS) is 12.9. The Balaban J connectivity index is 2.58. The highest BCUT2D eigenvalue weighted by molar-refractivity contribution is 5.74. The number of carbonyl (C=O) groups is 2. The Morgan fingerprint density at radius 3 is 2.69 bits per heavy atom. The van der Waals surface area contributed by atoms with Crippen LogP contribution in [0, 0.1) is 0 Å². The number of carbonyl (C=O) groups excluding carboxylic acids is 2. The van der Waals surface area contributed by atoms with Crippen molar-refractivity contribution in [3.05, 3.63) is 24.2 Å². The first-order valence-corrected chi connectivity index (χ1v) is 4.89. The zero-order chi connectivity index (χ0) is 12.2. The molecule has 88 valence electrons. The van der Waals surface area contributed by atoms with Crippen molar-refractivity contribution in [3.8, 4) is 0 Å². The van der Waals surface area contributed by atoms with Gasteiger partial charge in [-0.1, -0.05) is 0 Å². The summed E-state index contributed by atoms with van der Waals surface area (Å²) in [5.74, 6) is 0. The molecule has 0 aliphatic rings. The third-order valence-corrected chi connectivity index (χ3v) is 1.71. The van der Waals surface area contributed by atoms with Gasteiger partial charge in [-0.25, -0.2) is 4.79 Å². The molecule has 0 radical (unpaired) electrons. The lowest BCUT2D eigenvalue weighted by atomic mass is 10.2. The summed E-state index contributed by atoms with van der Waals surface area (Å²) in [7, 11) is 0. The average molecular weight is 225 g/mol. The quantitative estimate of drug-likeness (QED) is 0.799. The third-order valence-electron chi connectivity index (χ3n) is 1.71. The van der Waals surface area contributed by atoms with E-state index in [2.05, 4.69) is 5.32 Å². The predicted octanol–water partition coefficient (Wildman–Crippen LogP) is 2.04. The number of hydrogen-bond donors (Lipinski definition) is 1. The van der Waals surface area contributed by atoms with Crippen molar-refractivity contribution in [2.75, 3.05) is 0 Å². The fraction of sp³-hybridized carbons (Fsp3) is 0.455. The van der Waals surface area contributed by atoms with Crippen LogP contribution >= 0.6 is 0 Å². The number of nitrogens with one attached hydrogen (secondary N) is 1. The van der Waals surface area contributed by atoms with Crippen molar-refractivity contribution in [3.63, 3.8) is 0 Å². The number of ether oxygens (including phenoxy) is 1. The molecule has 1 atom stereocenters. The molecule has 1 aromatic rings. The standard InChI is InChI=1S/C11H15NO4/c1-11(2,3)16-10(14)12-9(6-13)8-4-5-15-7-8/h4-7,9H,1-3H3,(H,12,14). The Labute approximate surface area is 93.8 Å². The van der Waals surface area contributed by atoms with Crippen molar-refractivity contribution in [2.45, 2.75) is 32.4 Å². The molecule has 0 aromatic carbocycles. The van der Waals surface area contributed by atoms with Gasteiger partial charge in [0.1, 0.15) is 17.9 Å². The fourth-order valence-corrected chi connectivity index (χ4v) is 1.08. The second-order valence-electron chi connectivity index (χ2n) is 4.32. The van der Waals surface area contributed by atoms with Crippen LogP contribution in [-0.2, 0) is 9.53 Å². The molecule has 0 bridgehead atoms. The van der Waals surface area contributed by atoms with Crippen LogP contribution in [0.3, 0.4) is 0 Å². The smallest absolute Gasteiger partial charge is 0.408 e. The maximum atomic E-state index is 11.4. The summed E-state index contributed by atoms with van der Waals surface area (Å²) in [6.07, 6.45) is 2.82. The number of furan rings is 1.